The summed E-state index contributed by atoms with van der Waals surface area (Å²) in [5.74, 6) is 1.01. The fourth-order valence-electron chi connectivity index (χ4n) is 2.61. The molecule has 19 heavy (non-hydrogen) atoms. The van der Waals surface area contributed by atoms with Crippen LogP contribution in [0.1, 0.15) is 40.9 Å². The molecule has 2 heterocycles. The van der Waals surface area contributed by atoms with E-state index >= 15 is 0 Å². The molecule has 1 aromatic carbocycles. The average molecular weight is 260 g/mol. The normalized spacial score (nSPS) is 18.4. The quantitative estimate of drug-likeness (QED) is 0.728. The molecule has 0 saturated carbocycles. The molecule has 3 rings (SSSR count). The first kappa shape index (κ1) is 12.1. The third kappa shape index (κ3) is 1.63. The van der Waals surface area contributed by atoms with E-state index in [4.69, 9.17) is 14.2 Å². The summed E-state index contributed by atoms with van der Waals surface area (Å²) in [5, 5.41) is 0. The van der Waals surface area contributed by atoms with E-state index in [1.54, 1.807) is 7.11 Å². The maximum Gasteiger partial charge on any atom is 0.342 e. The third-order valence-corrected chi connectivity index (χ3v) is 3.58. The monoisotopic (exact) mass is 260 g/mol. The molecule has 0 amide bonds. The zero-order valence-electron chi connectivity index (χ0n) is 11.5. The van der Waals surface area contributed by atoms with E-state index in [0.717, 1.165) is 22.4 Å². The second kappa shape index (κ2) is 3.76. The van der Waals surface area contributed by atoms with Crippen LogP contribution in [0.15, 0.2) is 6.08 Å². The van der Waals surface area contributed by atoms with Crippen LogP contribution in [0, 0.1) is 6.92 Å². The SMILES string of the molecule is COc1c(C)c2c(c3c1C=CC(C)(C)O3)C(=O)OC2. The largest absolute Gasteiger partial charge is 0.496 e. The van der Waals surface area contributed by atoms with Gasteiger partial charge in [0.1, 0.15) is 29.3 Å². The number of carbonyl (C=O) groups excluding carboxylic acids is 1. The number of methoxy groups -OCH3 is 1. The Balaban J connectivity index is 2.34. The van der Waals surface area contributed by atoms with Gasteiger partial charge in [0, 0.05) is 5.56 Å². The highest BCUT2D eigenvalue weighted by Gasteiger charge is 2.36. The number of carbonyl (C=O) groups is 1. The molecule has 2 aliphatic rings. The summed E-state index contributed by atoms with van der Waals surface area (Å²) in [6.07, 6.45) is 3.92. The van der Waals surface area contributed by atoms with Gasteiger partial charge in [0.25, 0.3) is 0 Å². The van der Waals surface area contributed by atoms with Crippen LogP contribution in [0.25, 0.3) is 6.08 Å². The van der Waals surface area contributed by atoms with Gasteiger partial charge in [-0.25, -0.2) is 4.79 Å². The molecular weight excluding hydrogens is 244 g/mol. The number of esters is 1. The standard InChI is InChI=1S/C15H16O4/c1-8-10-7-18-14(16)11(10)13-9(12(8)17-4)5-6-15(2,3)19-13/h5-6H,7H2,1-4H3. The summed E-state index contributed by atoms with van der Waals surface area (Å²) in [6, 6.07) is 0. The van der Waals surface area contributed by atoms with Crippen LogP contribution in [0.4, 0.5) is 0 Å². The van der Waals surface area contributed by atoms with Crippen LogP contribution in [-0.2, 0) is 11.3 Å². The Hall–Kier alpha value is -1.97. The summed E-state index contributed by atoms with van der Waals surface area (Å²) < 4.78 is 16.6. The second-order valence-corrected chi connectivity index (χ2v) is 5.37. The first-order valence-corrected chi connectivity index (χ1v) is 6.23. The lowest BCUT2D eigenvalue weighted by atomic mass is 9.93. The molecule has 0 unspecified atom stereocenters. The smallest absolute Gasteiger partial charge is 0.342 e. The molecule has 4 heteroatoms. The minimum absolute atomic E-state index is 0.289. The summed E-state index contributed by atoms with van der Waals surface area (Å²) in [6.45, 7) is 6.13. The zero-order chi connectivity index (χ0) is 13.8. The van der Waals surface area contributed by atoms with Gasteiger partial charge in [-0.15, -0.1) is 0 Å². The molecule has 0 fully saturated rings. The molecule has 0 aliphatic carbocycles. The molecule has 0 N–H and O–H groups in total. The van der Waals surface area contributed by atoms with Gasteiger partial charge >= 0.3 is 5.97 Å². The fraction of sp³-hybridized carbons (Fsp3) is 0.400. The Kier molecular flexibility index (Phi) is 2.39. The molecule has 0 aromatic heterocycles. The van der Waals surface area contributed by atoms with Crippen molar-refractivity contribution in [2.45, 2.75) is 33.0 Å². The highest BCUT2D eigenvalue weighted by molar-refractivity contribution is 5.99. The maximum atomic E-state index is 11.9. The fourth-order valence-corrected chi connectivity index (χ4v) is 2.61. The number of fused-ring (bicyclic) bond motifs is 3. The van der Waals surface area contributed by atoms with Gasteiger partial charge in [-0.2, -0.15) is 0 Å². The van der Waals surface area contributed by atoms with Crippen LogP contribution in [0.5, 0.6) is 11.5 Å². The minimum Gasteiger partial charge on any atom is -0.496 e. The van der Waals surface area contributed by atoms with Crippen molar-refractivity contribution < 1.29 is 19.0 Å². The van der Waals surface area contributed by atoms with Gasteiger partial charge in [-0.3, -0.25) is 0 Å². The van der Waals surface area contributed by atoms with E-state index in [-0.39, 0.29) is 12.6 Å². The lowest BCUT2D eigenvalue weighted by Gasteiger charge is -2.30. The Morgan fingerprint density at radius 1 is 1.37 bits per heavy atom. The van der Waals surface area contributed by atoms with Gasteiger partial charge in [0.15, 0.2) is 0 Å². The molecule has 0 saturated heterocycles. The van der Waals surface area contributed by atoms with Crippen molar-refractivity contribution in [1.82, 2.24) is 0 Å². The molecule has 1 aromatic rings. The van der Waals surface area contributed by atoms with Crippen molar-refractivity contribution in [3.8, 4) is 11.5 Å². The van der Waals surface area contributed by atoms with E-state index in [0.29, 0.717) is 11.3 Å². The van der Waals surface area contributed by atoms with E-state index < -0.39 is 5.60 Å². The highest BCUT2D eigenvalue weighted by Crippen LogP contribution is 2.46. The average Bonchev–Trinajstić information content (AvgIpc) is 2.73. The molecular formula is C15H16O4. The van der Waals surface area contributed by atoms with Crippen molar-refractivity contribution in [3.63, 3.8) is 0 Å². The highest BCUT2D eigenvalue weighted by atomic mass is 16.5. The van der Waals surface area contributed by atoms with Crippen LogP contribution >= 0.6 is 0 Å². The van der Waals surface area contributed by atoms with Gasteiger partial charge < -0.3 is 14.2 Å². The number of ether oxygens (including phenoxy) is 3. The minimum atomic E-state index is -0.441. The van der Waals surface area contributed by atoms with Crippen molar-refractivity contribution in [1.29, 1.82) is 0 Å². The van der Waals surface area contributed by atoms with Crippen LogP contribution in [-0.4, -0.2) is 18.7 Å². The topological polar surface area (TPSA) is 44.8 Å². The first-order chi connectivity index (χ1) is 8.94. The Bertz CT molecular complexity index is 611. The van der Waals surface area contributed by atoms with E-state index in [1.807, 2.05) is 32.9 Å². The van der Waals surface area contributed by atoms with Crippen LogP contribution in [0.2, 0.25) is 0 Å². The van der Waals surface area contributed by atoms with Crippen molar-refractivity contribution >= 4 is 12.0 Å². The molecule has 0 bridgehead atoms. The molecule has 0 spiro atoms. The lowest BCUT2D eigenvalue weighted by molar-refractivity contribution is 0.0528. The molecule has 0 atom stereocenters. The summed E-state index contributed by atoms with van der Waals surface area (Å²) in [5.41, 5.74) is 2.73. The summed E-state index contributed by atoms with van der Waals surface area (Å²) in [4.78, 5) is 11.9. The van der Waals surface area contributed by atoms with Gasteiger partial charge in [0.2, 0.25) is 0 Å². The van der Waals surface area contributed by atoms with Crippen LogP contribution in [0.3, 0.4) is 0 Å². The predicted molar refractivity (Wildman–Crippen MR) is 70.6 cm³/mol. The summed E-state index contributed by atoms with van der Waals surface area (Å²) in [7, 11) is 1.63. The number of hydrogen-bond donors (Lipinski definition) is 0. The number of rotatable bonds is 1. The zero-order valence-corrected chi connectivity index (χ0v) is 11.5. The van der Waals surface area contributed by atoms with Gasteiger partial charge in [-0.1, -0.05) is 0 Å². The Morgan fingerprint density at radius 2 is 2.11 bits per heavy atom. The van der Waals surface area contributed by atoms with Crippen molar-refractivity contribution in [2.24, 2.45) is 0 Å². The van der Waals surface area contributed by atoms with Crippen molar-refractivity contribution in [3.05, 3.63) is 28.3 Å². The number of cyclic esters (lactones) is 1. The molecule has 100 valence electrons. The van der Waals surface area contributed by atoms with Crippen molar-refractivity contribution in [2.75, 3.05) is 7.11 Å². The lowest BCUT2D eigenvalue weighted by Crippen LogP contribution is -2.29. The predicted octanol–water partition coefficient (Wildman–Crippen LogP) is 2.86. The molecule has 4 nitrogen and oxygen atoms in total. The van der Waals surface area contributed by atoms with E-state index in [9.17, 15) is 4.79 Å². The van der Waals surface area contributed by atoms with Gasteiger partial charge in [-0.05, 0) is 38.5 Å². The summed E-state index contributed by atoms with van der Waals surface area (Å²) >= 11 is 0. The van der Waals surface area contributed by atoms with Gasteiger partial charge in [0.05, 0.1) is 12.7 Å². The van der Waals surface area contributed by atoms with E-state index in [2.05, 4.69) is 0 Å². The molecule has 2 aliphatic heterocycles. The first-order valence-electron chi connectivity index (χ1n) is 6.23. The number of hydrogen-bond acceptors (Lipinski definition) is 4. The third-order valence-electron chi connectivity index (χ3n) is 3.58. The second-order valence-electron chi connectivity index (χ2n) is 5.37. The number of benzene rings is 1. The Morgan fingerprint density at radius 3 is 2.79 bits per heavy atom. The molecule has 0 radical (unpaired) electrons. The van der Waals surface area contributed by atoms with Crippen LogP contribution < -0.4 is 9.47 Å². The van der Waals surface area contributed by atoms with E-state index in [1.165, 1.54) is 0 Å². The Labute approximate surface area is 112 Å². The maximum absolute atomic E-state index is 11.9.